The van der Waals surface area contributed by atoms with Crippen LogP contribution in [0.4, 0.5) is 4.79 Å². The van der Waals surface area contributed by atoms with E-state index < -0.39 is 86.7 Å². The zero-order chi connectivity index (χ0) is 27.2. The average molecular weight is 548 g/mol. The fourth-order valence-corrected chi connectivity index (χ4v) is 4.03. The van der Waals surface area contributed by atoms with Gasteiger partial charge in [0, 0.05) is 13.0 Å². The Kier molecular flexibility index (Phi) is 12.1. The second-order valence-corrected chi connectivity index (χ2v) is 8.78. The number of amides is 2. The summed E-state index contributed by atoms with van der Waals surface area (Å²) in [7, 11) is 1.36. The molecule has 0 saturated carbocycles. The number of alkyl halides is 1. The molecule has 2 rings (SSSR count). The summed E-state index contributed by atoms with van der Waals surface area (Å²) in [6.45, 7) is -0.447. The second-order valence-electron chi connectivity index (χ2n) is 8.40. The van der Waals surface area contributed by atoms with Crippen LogP contribution in [0.25, 0.3) is 0 Å². The van der Waals surface area contributed by atoms with Gasteiger partial charge in [-0.05, 0) is 6.92 Å². The van der Waals surface area contributed by atoms with Gasteiger partial charge in [0.15, 0.2) is 12.5 Å². The fourth-order valence-electron chi connectivity index (χ4n) is 3.87. The third kappa shape index (κ3) is 6.77. The van der Waals surface area contributed by atoms with Crippen molar-refractivity contribution in [2.75, 3.05) is 39.3 Å². The molecular weight excluding hydrogens is 514 g/mol. The molecule has 2 saturated heterocycles. The first-order chi connectivity index (χ1) is 17.1. The number of nitroso groups, excluding NO2 is 1. The van der Waals surface area contributed by atoms with Crippen LogP contribution in [0.5, 0.6) is 0 Å². The minimum Gasteiger partial charge on any atom is -0.394 e. The van der Waals surface area contributed by atoms with Crippen LogP contribution in [-0.2, 0) is 18.9 Å². The number of halogens is 1. The number of rotatable bonds is 11. The number of carbonyl (C=O) groups excluding carboxylic acids is 1. The lowest BCUT2D eigenvalue weighted by Gasteiger charge is -2.48. The van der Waals surface area contributed by atoms with Gasteiger partial charge < -0.3 is 54.7 Å². The lowest BCUT2D eigenvalue weighted by Crippen LogP contribution is -2.68. The molecule has 2 amide bonds. The van der Waals surface area contributed by atoms with Crippen LogP contribution in [0, 0.1) is 4.91 Å². The minimum atomic E-state index is -1.87. The van der Waals surface area contributed by atoms with E-state index in [2.05, 4.69) is 5.29 Å². The Labute approximate surface area is 211 Å². The summed E-state index contributed by atoms with van der Waals surface area (Å²) in [4.78, 5) is 25.0. The van der Waals surface area contributed by atoms with E-state index in [0.717, 1.165) is 4.90 Å². The standard InChI is InChI=1S/C19H34ClN3O13/c1-8(33-2)5-22(19(31)23(21-32)4-3-20)17-14(29)13(28)16(10(7-25)34-17)36-18-15(30)12(27)11(26)9(6-24)35-18/h8-18,24-30H,3-7H2,1-2H3/t8?,9-,10-,11-,12+,13-,14-,15-,16-,17?,18-/m1/s1. The van der Waals surface area contributed by atoms with Gasteiger partial charge in [0.05, 0.1) is 37.7 Å². The highest BCUT2D eigenvalue weighted by atomic mass is 35.5. The van der Waals surface area contributed by atoms with Crippen molar-refractivity contribution in [3.63, 3.8) is 0 Å². The largest absolute Gasteiger partial charge is 0.394 e. The molecule has 7 N–H and O–H groups in total. The molecule has 0 spiro atoms. The summed E-state index contributed by atoms with van der Waals surface area (Å²) in [5, 5.41) is 74.2. The monoisotopic (exact) mass is 547 g/mol. The Morgan fingerprint density at radius 3 is 2.17 bits per heavy atom. The molecule has 0 aliphatic carbocycles. The summed E-state index contributed by atoms with van der Waals surface area (Å²) >= 11 is 5.62. The first kappa shape index (κ1) is 30.9. The summed E-state index contributed by atoms with van der Waals surface area (Å²) < 4.78 is 21.6. The second kappa shape index (κ2) is 14.0. The van der Waals surface area contributed by atoms with Crippen LogP contribution < -0.4 is 0 Å². The molecule has 0 radical (unpaired) electrons. The van der Waals surface area contributed by atoms with Crippen molar-refractivity contribution >= 4 is 17.6 Å². The Morgan fingerprint density at radius 2 is 1.64 bits per heavy atom. The average Bonchev–Trinajstić information content (AvgIpc) is 2.88. The van der Waals surface area contributed by atoms with Gasteiger partial charge in [-0.25, -0.2) is 4.79 Å². The van der Waals surface area contributed by atoms with Crippen LogP contribution in [0.15, 0.2) is 5.29 Å². The van der Waals surface area contributed by atoms with E-state index in [1.807, 2.05) is 0 Å². The zero-order valence-electron chi connectivity index (χ0n) is 19.7. The zero-order valence-corrected chi connectivity index (χ0v) is 20.4. The minimum absolute atomic E-state index is 0.129. The van der Waals surface area contributed by atoms with Gasteiger partial charge in [-0.15, -0.1) is 16.5 Å². The Hall–Kier alpha value is -1.28. The summed E-state index contributed by atoms with van der Waals surface area (Å²) in [5.74, 6) is -0.129. The molecule has 0 aromatic rings. The molecule has 11 atom stereocenters. The number of hydrogen-bond donors (Lipinski definition) is 7. The van der Waals surface area contributed by atoms with Crippen LogP contribution in [0.3, 0.4) is 0 Å². The van der Waals surface area contributed by atoms with Gasteiger partial charge in [-0.1, -0.05) is 0 Å². The van der Waals surface area contributed by atoms with Gasteiger partial charge in [-0.2, -0.15) is 5.01 Å². The van der Waals surface area contributed by atoms with Crippen LogP contribution >= 0.6 is 11.6 Å². The van der Waals surface area contributed by atoms with Gasteiger partial charge in [-0.3, -0.25) is 4.90 Å². The number of urea groups is 1. The normalized spacial score (nSPS) is 37.8. The van der Waals surface area contributed by atoms with Gasteiger partial charge in [0.25, 0.3) is 0 Å². The lowest BCUT2D eigenvalue weighted by molar-refractivity contribution is -0.347. The molecule has 2 aliphatic rings. The molecule has 2 unspecified atom stereocenters. The van der Waals surface area contributed by atoms with E-state index in [1.165, 1.54) is 7.11 Å². The van der Waals surface area contributed by atoms with E-state index in [1.54, 1.807) is 6.92 Å². The van der Waals surface area contributed by atoms with Gasteiger partial charge in [0.2, 0.25) is 0 Å². The number of hydrogen-bond acceptors (Lipinski definition) is 14. The van der Waals surface area contributed by atoms with Crippen molar-refractivity contribution in [2.24, 2.45) is 5.29 Å². The van der Waals surface area contributed by atoms with Crippen LogP contribution in [0.2, 0.25) is 0 Å². The Bertz CT molecular complexity index is 707. The molecule has 0 aromatic carbocycles. The number of carbonyl (C=O) groups is 1. The third-order valence-electron chi connectivity index (χ3n) is 6.00. The number of ether oxygens (including phenoxy) is 4. The SMILES string of the molecule is COC(C)CN(C(=O)N(CCCl)N=O)C1O[C@H](CO)[C@@H](O[C@H]2O[C@H](CO)[C@@H](O)[C@H](O)[C@H]2O)[C@H](O)[C@H]1O. The van der Waals surface area contributed by atoms with E-state index in [-0.39, 0.29) is 19.0 Å². The summed E-state index contributed by atoms with van der Waals surface area (Å²) in [6.07, 6.45) is -17.2. The molecule has 0 aromatic heterocycles. The molecule has 2 aliphatic heterocycles. The van der Waals surface area contributed by atoms with Gasteiger partial charge in [0.1, 0.15) is 48.8 Å². The molecular formula is C19H34ClN3O13. The van der Waals surface area contributed by atoms with Crippen molar-refractivity contribution in [1.82, 2.24) is 9.91 Å². The highest BCUT2D eigenvalue weighted by Crippen LogP contribution is 2.31. The number of aliphatic hydroxyl groups is 7. The van der Waals surface area contributed by atoms with Crippen molar-refractivity contribution in [1.29, 1.82) is 0 Å². The lowest BCUT2D eigenvalue weighted by atomic mass is 9.96. The maximum absolute atomic E-state index is 13.0. The Morgan fingerprint density at radius 1 is 1.00 bits per heavy atom. The quantitative estimate of drug-likeness (QED) is 0.0750. The maximum atomic E-state index is 13.0. The molecule has 36 heavy (non-hydrogen) atoms. The first-order valence-electron chi connectivity index (χ1n) is 11.1. The maximum Gasteiger partial charge on any atom is 0.345 e. The van der Waals surface area contributed by atoms with Crippen molar-refractivity contribution in [3.8, 4) is 0 Å². The number of methoxy groups -OCH3 is 1. The Balaban J connectivity index is 2.29. The fraction of sp³-hybridized carbons (Fsp3) is 0.947. The van der Waals surface area contributed by atoms with E-state index in [9.17, 15) is 45.4 Å². The van der Waals surface area contributed by atoms with Crippen molar-refractivity contribution in [2.45, 2.75) is 74.4 Å². The molecule has 0 bridgehead atoms. The van der Waals surface area contributed by atoms with E-state index >= 15 is 0 Å². The third-order valence-corrected chi connectivity index (χ3v) is 6.17. The summed E-state index contributed by atoms with van der Waals surface area (Å²) in [5.41, 5.74) is 0. The van der Waals surface area contributed by atoms with Crippen LogP contribution in [0.1, 0.15) is 6.92 Å². The number of nitrogens with zero attached hydrogens (tertiary/aromatic N) is 3. The molecule has 17 heteroatoms. The van der Waals surface area contributed by atoms with Crippen LogP contribution in [-0.4, -0.2) is 158 Å². The predicted octanol–water partition coefficient (Wildman–Crippen LogP) is -3.71. The smallest absolute Gasteiger partial charge is 0.345 e. The molecule has 2 fully saturated rings. The number of aliphatic hydroxyl groups excluding tert-OH is 7. The van der Waals surface area contributed by atoms with Crippen molar-refractivity contribution in [3.05, 3.63) is 4.91 Å². The highest BCUT2D eigenvalue weighted by molar-refractivity contribution is 6.18. The van der Waals surface area contributed by atoms with Gasteiger partial charge >= 0.3 is 6.03 Å². The predicted molar refractivity (Wildman–Crippen MR) is 118 cm³/mol. The van der Waals surface area contributed by atoms with E-state index in [4.69, 9.17) is 30.5 Å². The topological polar surface area (TPSA) is 232 Å². The van der Waals surface area contributed by atoms with E-state index in [0.29, 0.717) is 5.01 Å². The molecule has 16 nitrogen and oxygen atoms in total. The summed E-state index contributed by atoms with van der Waals surface area (Å²) in [6, 6.07) is -1.02. The molecule has 2 heterocycles. The first-order valence-corrected chi connectivity index (χ1v) is 11.7. The molecule has 210 valence electrons. The van der Waals surface area contributed by atoms with Crippen molar-refractivity contribution < 1.29 is 59.5 Å². The highest BCUT2D eigenvalue weighted by Gasteiger charge is 2.52.